The normalized spacial score (nSPS) is 10.8. The van der Waals surface area contributed by atoms with Crippen LogP contribution >= 0.6 is 15.9 Å². The van der Waals surface area contributed by atoms with Crippen LogP contribution in [0.1, 0.15) is 25.1 Å². The first-order valence-electron chi connectivity index (χ1n) is 6.69. The first kappa shape index (κ1) is 15.0. The third kappa shape index (κ3) is 4.94. The summed E-state index contributed by atoms with van der Waals surface area (Å²) in [4.78, 5) is 4.33. The summed E-state index contributed by atoms with van der Waals surface area (Å²) in [5, 5.41) is 3.35. The lowest BCUT2D eigenvalue weighted by Gasteiger charge is -2.10. The van der Waals surface area contributed by atoms with E-state index in [4.69, 9.17) is 4.74 Å². The minimum absolute atomic E-state index is 0.447. The summed E-state index contributed by atoms with van der Waals surface area (Å²) in [7, 11) is 0. The zero-order chi connectivity index (χ0) is 14.4. The average molecular weight is 335 g/mol. The van der Waals surface area contributed by atoms with Gasteiger partial charge in [-0.1, -0.05) is 41.9 Å². The van der Waals surface area contributed by atoms with Gasteiger partial charge in [-0.25, -0.2) is 0 Å². The summed E-state index contributed by atoms with van der Waals surface area (Å²) in [6, 6.07) is 12.4. The molecule has 1 aromatic carbocycles. The molecule has 2 rings (SSSR count). The molecule has 4 heteroatoms. The van der Waals surface area contributed by atoms with Crippen LogP contribution in [-0.4, -0.2) is 11.0 Å². The predicted octanol–water partition coefficient (Wildman–Crippen LogP) is 3.92. The van der Waals surface area contributed by atoms with Crippen molar-refractivity contribution in [2.45, 2.75) is 33.0 Å². The maximum absolute atomic E-state index is 5.81. The molecule has 1 aromatic heterocycles. The fraction of sp³-hybridized carbons (Fsp3) is 0.312. The number of ether oxygens (including phenoxy) is 1. The number of pyridine rings is 1. The van der Waals surface area contributed by atoms with Crippen LogP contribution in [0, 0.1) is 0 Å². The molecule has 0 unspecified atom stereocenters. The van der Waals surface area contributed by atoms with E-state index in [1.54, 1.807) is 6.20 Å². The van der Waals surface area contributed by atoms with E-state index in [-0.39, 0.29) is 0 Å². The Labute approximate surface area is 128 Å². The second-order valence-electron chi connectivity index (χ2n) is 4.94. The lowest BCUT2D eigenvalue weighted by atomic mass is 10.2. The van der Waals surface area contributed by atoms with Crippen LogP contribution in [0.5, 0.6) is 5.75 Å². The molecule has 0 amide bonds. The van der Waals surface area contributed by atoms with Gasteiger partial charge in [-0.2, -0.15) is 0 Å². The van der Waals surface area contributed by atoms with Crippen molar-refractivity contribution in [3.8, 4) is 5.75 Å². The Bertz CT molecular complexity index is 558. The number of nitrogens with one attached hydrogen (secondary N) is 1. The quantitative estimate of drug-likeness (QED) is 0.869. The SMILES string of the molecule is CC(C)NCc1cc(OCc2cccc(Br)c2)ccn1. The maximum Gasteiger partial charge on any atom is 0.123 e. The summed E-state index contributed by atoms with van der Waals surface area (Å²) in [5.41, 5.74) is 2.13. The number of rotatable bonds is 6. The average Bonchev–Trinajstić information content (AvgIpc) is 2.43. The number of benzene rings is 1. The van der Waals surface area contributed by atoms with Gasteiger partial charge in [0.05, 0.1) is 5.69 Å². The fourth-order valence-electron chi connectivity index (χ4n) is 1.74. The van der Waals surface area contributed by atoms with Crippen molar-refractivity contribution < 1.29 is 4.74 Å². The standard InChI is InChI=1S/C16H19BrN2O/c1-12(2)19-10-15-9-16(6-7-18-15)20-11-13-4-3-5-14(17)8-13/h3-9,12,19H,10-11H2,1-2H3. The first-order chi connectivity index (χ1) is 9.63. The van der Waals surface area contributed by atoms with Crippen molar-refractivity contribution in [2.24, 2.45) is 0 Å². The molecule has 0 atom stereocenters. The maximum atomic E-state index is 5.81. The predicted molar refractivity (Wildman–Crippen MR) is 84.7 cm³/mol. The van der Waals surface area contributed by atoms with Gasteiger partial charge in [0.1, 0.15) is 12.4 Å². The molecule has 0 radical (unpaired) electrons. The summed E-state index contributed by atoms with van der Waals surface area (Å²) < 4.78 is 6.87. The highest BCUT2D eigenvalue weighted by molar-refractivity contribution is 9.10. The van der Waals surface area contributed by atoms with Crippen LogP contribution < -0.4 is 10.1 Å². The molecular weight excluding hydrogens is 316 g/mol. The lowest BCUT2D eigenvalue weighted by molar-refractivity contribution is 0.305. The molecule has 0 saturated heterocycles. The molecule has 0 aliphatic rings. The van der Waals surface area contributed by atoms with Gasteiger partial charge < -0.3 is 10.1 Å². The van der Waals surface area contributed by atoms with E-state index in [2.05, 4.69) is 46.1 Å². The van der Waals surface area contributed by atoms with Crippen LogP contribution in [0.2, 0.25) is 0 Å². The number of halogens is 1. The van der Waals surface area contributed by atoms with Crippen molar-refractivity contribution in [1.29, 1.82) is 0 Å². The highest BCUT2D eigenvalue weighted by Gasteiger charge is 2.01. The van der Waals surface area contributed by atoms with Crippen LogP contribution in [-0.2, 0) is 13.2 Å². The van der Waals surface area contributed by atoms with Crippen molar-refractivity contribution in [3.05, 3.63) is 58.3 Å². The second kappa shape index (κ2) is 7.41. The Morgan fingerprint density at radius 1 is 1.25 bits per heavy atom. The smallest absolute Gasteiger partial charge is 0.123 e. The zero-order valence-corrected chi connectivity index (χ0v) is 13.4. The van der Waals surface area contributed by atoms with Crippen molar-refractivity contribution in [3.63, 3.8) is 0 Å². The van der Waals surface area contributed by atoms with Gasteiger partial charge in [-0.05, 0) is 23.8 Å². The molecule has 0 fully saturated rings. The van der Waals surface area contributed by atoms with Crippen molar-refractivity contribution >= 4 is 15.9 Å². The van der Waals surface area contributed by atoms with E-state index in [1.807, 2.05) is 30.3 Å². The molecule has 1 N–H and O–H groups in total. The van der Waals surface area contributed by atoms with E-state index in [1.165, 1.54) is 0 Å². The van der Waals surface area contributed by atoms with E-state index in [0.717, 1.165) is 28.0 Å². The first-order valence-corrected chi connectivity index (χ1v) is 7.48. The van der Waals surface area contributed by atoms with Crippen molar-refractivity contribution in [1.82, 2.24) is 10.3 Å². The zero-order valence-electron chi connectivity index (χ0n) is 11.8. The second-order valence-corrected chi connectivity index (χ2v) is 5.85. The lowest BCUT2D eigenvalue weighted by Crippen LogP contribution is -2.22. The van der Waals surface area contributed by atoms with E-state index in [0.29, 0.717) is 12.6 Å². The van der Waals surface area contributed by atoms with Gasteiger partial charge in [0, 0.05) is 29.3 Å². The Morgan fingerprint density at radius 3 is 2.85 bits per heavy atom. The summed E-state index contributed by atoms with van der Waals surface area (Å²) in [6.07, 6.45) is 1.79. The minimum atomic E-state index is 0.447. The van der Waals surface area contributed by atoms with Crippen LogP contribution in [0.25, 0.3) is 0 Å². The van der Waals surface area contributed by atoms with E-state index < -0.39 is 0 Å². The molecule has 0 aliphatic carbocycles. The minimum Gasteiger partial charge on any atom is -0.489 e. The van der Waals surface area contributed by atoms with Gasteiger partial charge in [0.15, 0.2) is 0 Å². The van der Waals surface area contributed by atoms with Crippen LogP contribution in [0.15, 0.2) is 47.1 Å². The summed E-state index contributed by atoms with van der Waals surface area (Å²) in [5.74, 6) is 0.848. The molecule has 0 aliphatic heterocycles. The van der Waals surface area contributed by atoms with E-state index in [9.17, 15) is 0 Å². The van der Waals surface area contributed by atoms with Gasteiger partial charge in [-0.15, -0.1) is 0 Å². The molecule has 1 heterocycles. The monoisotopic (exact) mass is 334 g/mol. The summed E-state index contributed by atoms with van der Waals surface area (Å²) in [6.45, 7) is 5.55. The number of nitrogens with zero attached hydrogens (tertiary/aromatic N) is 1. The Hall–Kier alpha value is -1.39. The largest absolute Gasteiger partial charge is 0.489 e. The van der Waals surface area contributed by atoms with Gasteiger partial charge >= 0.3 is 0 Å². The summed E-state index contributed by atoms with van der Waals surface area (Å²) >= 11 is 3.46. The molecule has 20 heavy (non-hydrogen) atoms. The Kier molecular flexibility index (Phi) is 5.56. The highest BCUT2D eigenvalue weighted by atomic mass is 79.9. The van der Waals surface area contributed by atoms with E-state index >= 15 is 0 Å². The van der Waals surface area contributed by atoms with Crippen LogP contribution in [0.4, 0.5) is 0 Å². The molecular formula is C16H19BrN2O. The topological polar surface area (TPSA) is 34.1 Å². The van der Waals surface area contributed by atoms with Gasteiger partial charge in [0.25, 0.3) is 0 Å². The molecule has 2 aromatic rings. The van der Waals surface area contributed by atoms with Crippen LogP contribution in [0.3, 0.4) is 0 Å². The van der Waals surface area contributed by atoms with Gasteiger partial charge in [0.2, 0.25) is 0 Å². The number of hydrogen-bond donors (Lipinski definition) is 1. The molecule has 0 spiro atoms. The highest BCUT2D eigenvalue weighted by Crippen LogP contribution is 2.16. The van der Waals surface area contributed by atoms with Gasteiger partial charge in [-0.3, -0.25) is 4.98 Å². The Balaban J connectivity index is 1.94. The molecule has 0 bridgehead atoms. The number of hydrogen-bond acceptors (Lipinski definition) is 3. The molecule has 106 valence electrons. The third-order valence-corrected chi connectivity index (χ3v) is 3.27. The Morgan fingerprint density at radius 2 is 2.10 bits per heavy atom. The fourth-order valence-corrected chi connectivity index (χ4v) is 2.19. The van der Waals surface area contributed by atoms with Crippen molar-refractivity contribution in [2.75, 3.05) is 0 Å². The molecule has 3 nitrogen and oxygen atoms in total. The number of aromatic nitrogens is 1. The molecule has 0 saturated carbocycles. The third-order valence-electron chi connectivity index (χ3n) is 2.77.